The van der Waals surface area contributed by atoms with E-state index in [0.29, 0.717) is 11.3 Å². The lowest BCUT2D eigenvalue weighted by molar-refractivity contribution is -0.384. The van der Waals surface area contributed by atoms with E-state index in [1.54, 1.807) is 26.8 Å². The summed E-state index contributed by atoms with van der Waals surface area (Å²) in [6.07, 6.45) is 0. The minimum atomic E-state index is -0.463. The third-order valence-corrected chi connectivity index (χ3v) is 2.63. The number of nitro benzene ring substituents is 1. The maximum Gasteiger partial charge on any atom is 0.269 e. The summed E-state index contributed by atoms with van der Waals surface area (Å²) in [5, 5.41) is 16.2. The summed E-state index contributed by atoms with van der Waals surface area (Å²) in [6.45, 7) is 5.24. The molecule has 0 radical (unpaired) electrons. The van der Waals surface area contributed by atoms with Crippen LogP contribution in [-0.4, -0.2) is 15.9 Å². The van der Waals surface area contributed by atoms with E-state index >= 15 is 0 Å². The summed E-state index contributed by atoms with van der Waals surface area (Å²) >= 11 is 5.00. The summed E-state index contributed by atoms with van der Waals surface area (Å²) in [6, 6.07) is 4.37. The molecule has 102 valence electrons. The number of aryl methyl sites for hydroxylation is 1. The van der Waals surface area contributed by atoms with Crippen LogP contribution in [0.5, 0.6) is 0 Å². The largest absolute Gasteiger partial charge is 0.332 e. The van der Waals surface area contributed by atoms with E-state index in [1.165, 1.54) is 12.1 Å². The first-order chi connectivity index (χ1) is 8.81. The van der Waals surface area contributed by atoms with Crippen molar-refractivity contribution < 1.29 is 9.72 Å². The number of nitro groups is 1. The van der Waals surface area contributed by atoms with E-state index in [0.717, 1.165) is 0 Å². The van der Waals surface area contributed by atoms with Gasteiger partial charge < -0.3 is 10.6 Å². The molecule has 0 aliphatic carbocycles. The number of non-ortho nitro benzene ring substituents is 1. The van der Waals surface area contributed by atoms with Crippen molar-refractivity contribution >= 4 is 34.6 Å². The summed E-state index contributed by atoms with van der Waals surface area (Å²) in [5.74, 6) is -0.352. The van der Waals surface area contributed by atoms with Gasteiger partial charge in [0.2, 0.25) is 5.91 Å². The van der Waals surface area contributed by atoms with Crippen LogP contribution >= 0.6 is 12.2 Å². The SMILES string of the molecule is Cc1cc([N+](=O)[O-])ccc1NC(=S)NC(=O)C(C)C. The van der Waals surface area contributed by atoms with Crippen LogP contribution in [0.3, 0.4) is 0 Å². The Kier molecular flexibility index (Phi) is 4.94. The number of rotatable bonds is 3. The quantitative estimate of drug-likeness (QED) is 0.505. The van der Waals surface area contributed by atoms with Crippen LogP contribution in [0, 0.1) is 23.0 Å². The molecule has 0 aliphatic heterocycles. The van der Waals surface area contributed by atoms with Crippen LogP contribution in [-0.2, 0) is 4.79 Å². The molecule has 0 saturated heterocycles. The zero-order chi connectivity index (χ0) is 14.6. The van der Waals surface area contributed by atoms with Gasteiger partial charge in [0, 0.05) is 23.7 Å². The third-order valence-electron chi connectivity index (χ3n) is 2.43. The fourth-order valence-electron chi connectivity index (χ4n) is 1.31. The number of nitrogens with one attached hydrogen (secondary N) is 2. The minimum absolute atomic E-state index is 0.0141. The number of carbonyl (C=O) groups is 1. The van der Waals surface area contributed by atoms with Crippen LogP contribution in [0.4, 0.5) is 11.4 Å². The Bertz CT molecular complexity index is 529. The summed E-state index contributed by atoms with van der Waals surface area (Å²) in [7, 11) is 0. The van der Waals surface area contributed by atoms with Crippen LogP contribution < -0.4 is 10.6 Å². The molecule has 1 rings (SSSR count). The van der Waals surface area contributed by atoms with Crippen LogP contribution in [0.1, 0.15) is 19.4 Å². The van der Waals surface area contributed by atoms with Gasteiger partial charge in [-0.1, -0.05) is 13.8 Å². The molecular formula is C12H15N3O3S. The van der Waals surface area contributed by atoms with Gasteiger partial charge in [-0.05, 0) is 30.8 Å². The molecule has 0 fully saturated rings. The molecule has 0 unspecified atom stereocenters. The molecule has 19 heavy (non-hydrogen) atoms. The standard InChI is InChI=1S/C12H15N3O3S/c1-7(2)11(16)14-12(19)13-10-5-4-9(15(17)18)6-8(10)3/h4-7H,1-3H3,(H2,13,14,16,19). The number of amides is 1. The molecule has 0 atom stereocenters. The summed E-state index contributed by atoms with van der Waals surface area (Å²) in [5.41, 5.74) is 1.31. The Balaban J connectivity index is 2.75. The fourth-order valence-corrected chi connectivity index (χ4v) is 1.52. The number of hydrogen-bond donors (Lipinski definition) is 2. The van der Waals surface area contributed by atoms with Crippen molar-refractivity contribution in [1.29, 1.82) is 0 Å². The Morgan fingerprint density at radius 1 is 1.42 bits per heavy atom. The van der Waals surface area contributed by atoms with Crippen molar-refractivity contribution in [1.82, 2.24) is 5.32 Å². The van der Waals surface area contributed by atoms with E-state index in [9.17, 15) is 14.9 Å². The molecule has 6 nitrogen and oxygen atoms in total. The van der Waals surface area contributed by atoms with E-state index in [2.05, 4.69) is 10.6 Å². The lowest BCUT2D eigenvalue weighted by Gasteiger charge is -2.12. The van der Waals surface area contributed by atoms with Crippen molar-refractivity contribution in [3.8, 4) is 0 Å². The average molecular weight is 281 g/mol. The molecule has 7 heteroatoms. The van der Waals surface area contributed by atoms with Gasteiger partial charge in [0.1, 0.15) is 0 Å². The second kappa shape index (κ2) is 6.24. The van der Waals surface area contributed by atoms with Crippen LogP contribution in [0.15, 0.2) is 18.2 Å². The van der Waals surface area contributed by atoms with Gasteiger partial charge in [0.25, 0.3) is 5.69 Å². The number of carbonyl (C=O) groups excluding carboxylic acids is 1. The molecular weight excluding hydrogens is 266 g/mol. The Morgan fingerprint density at radius 3 is 2.53 bits per heavy atom. The van der Waals surface area contributed by atoms with Crippen molar-refractivity contribution in [2.24, 2.45) is 5.92 Å². The van der Waals surface area contributed by atoms with E-state index < -0.39 is 4.92 Å². The molecule has 0 bridgehead atoms. The number of thiocarbonyl (C=S) groups is 1. The third kappa shape index (κ3) is 4.29. The molecule has 0 aromatic heterocycles. The zero-order valence-electron chi connectivity index (χ0n) is 10.9. The molecule has 0 saturated carbocycles. The van der Waals surface area contributed by atoms with Crippen LogP contribution in [0.2, 0.25) is 0 Å². The first kappa shape index (κ1) is 15.0. The van der Waals surface area contributed by atoms with E-state index in [1.807, 2.05) is 0 Å². The highest BCUT2D eigenvalue weighted by molar-refractivity contribution is 7.80. The second-order valence-corrected chi connectivity index (χ2v) is 4.76. The number of nitrogens with zero attached hydrogens (tertiary/aromatic N) is 1. The van der Waals surface area contributed by atoms with Crippen molar-refractivity contribution in [3.63, 3.8) is 0 Å². The Morgan fingerprint density at radius 2 is 2.05 bits per heavy atom. The predicted molar refractivity (Wildman–Crippen MR) is 77.0 cm³/mol. The molecule has 0 aliphatic rings. The molecule has 1 aromatic rings. The lowest BCUT2D eigenvalue weighted by atomic mass is 10.2. The average Bonchev–Trinajstić information content (AvgIpc) is 2.31. The van der Waals surface area contributed by atoms with Crippen molar-refractivity contribution in [2.45, 2.75) is 20.8 Å². The smallest absolute Gasteiger partial charge is 0.269 e. The topological polar surface area (TPSA) is 84.3 Å². The maximum atomic E-state index is 11.4. The van der Waals surface area contributed by atoms with Gasteiger partial charge >= 0.3 is 0 Å². The highest BCUT2D eigenvalue weighted by Crippen LogP contribution is 2.20. The van der Waals surface area contributed by atoms with Gasteiger partial charge in [-0.2, -0.15) is 0 Å². The molecule has 0 spiro atoms. The summed E-state index contributed by atoms with van der Waals surface area (Å²) in [4.78, 5) is 21.6. The van der Waals surface area contributed by atoms with Crippen molar-refractivity contribution in [2.75, 3.05) is 5.32 Å². The molecule has 0 heterocycles. The van der Waals surface area contributed by atoms with Crippen LogP contribution in [0.25, 0.3) is 0 Å². The monoisotopic (exact) mass is 281 g/mol. The normalized spacial score (nSPS) is 10.1. The predicted octanol–water partition coefficient (Wildman–Crippen LogP) is 2.37. The van der Waals surface area contributed by atoms with Gasteiger partial charge in [-0.25, -0.2) is 0 Å². The fraction of sp³-hybridized carbons (Fsp3) is 0.333. The van der Waals surface area contributed by atoms with Gasteiger partial charge in [0.15, 0.2) is 5.11 Å². The van der Waals surface area contributed by atoms with Gasteiger partial charge in [-0.15, -0.1) is 0 Å². The highest BCUT2D eigenvalue weighted by Gasteiger charge is 2.11. The molecule has 1 aromatic carbocycles. The second-order valence-electron chi connectivity index (χ2n) is 4.35. The minimum Gasteiger partial charge on any atom is -0.332 e. The zero-order valence-corrected chi connectivity index (χ0v) is 11.7. The lowest BCUT2D eigenvalue weighted by Crippen LogP contribution is -2.36. The number of benzene rings is 1. The number of hydrogen-bond acceptors (Lipinski definition) is 4. The van der Waals surface area contributed by atoms with Gasteiger partial charge in [0.05, 0.1) is 4.92 Å². The first-order valence-electron chi connectivity index (χ1n) is 5.68. The Labute approximate surface area is 116 Å². The van der Waals surface area contributed by atoms with Crippen molar-refractivity contribution in [3.05, 3.63) is 33.9 Å². The van der Waals surface area contributed by atoms with E-state index in [4.69, 9.17) is 12.2 Å². The molecule has 2 N–H and O–H groups in total. The van der Waals surface area contributed by atoms with Gasteiger partial charge in [-0.3, -0.25) is 14.9 Å². The summed E-state index contributed by atoms with van der Waals surface area (Å²) < 4.78 is 0. The Hall–Kier alpha value is -2.02. The molecule has 1 amide bonds. The number of anilines is 1. The maximum absolute atomic E-state index is 11.4. The first-order valence-corrected chi connectivity index (χ1v) is 6.09. The highest BCUT2D eigenvalue weighted by atomic mass is 32.1. The van der Waals surface area contributed by atoms with E-state index in [-0.39, 0.29) is 22.6 Å².